The van der Waals surface area contributed by atoms with Crippen LogP contribution >= 0.6 is 0 Å². The zero-order valence-electron chi connectivity index (χ0n) is 13.6. The van der Waals surface area contributed by atoms with Crippen LogP contribution in [0.15, 0.2) is 18.2 Å². The van der Waals surface area contributed by atoms with Crippen LogP contribution in [0.25, 0.3) is 0 Å². The minimum Gasteiger partial charge on any atom is -0.497 e. The van der Waals surface area contributed by atoms with Gasteiger partial charge in [-0.2, -0.15) is 0 Å². The number of nitrogens with one attached hydrogen (secondary N) is 1. The first kappa shape index (κ1) is 17.3. The Bertz CT molecular complexity index is 444. The average Bonchev–Trinajstić information content (AvgIpc) is 2.48. The van der Waals surface area contributed by atoms with Crippen LogP contribution in [0.2, 0.25) is 0 Å². The predicted molar refractivity (Wildman–Crippen MR) is 84.9 cm³/mol. The zero-order chi connectivity index (χ0) is 15.7. The van der Waals surface area contributed by atoms with Gasteiger partial charge in [-0.25, -0.2) is 0 Å². The first-order valence-electron chi connectivity index (χ1n) is 7.54. The molecule has 0 saturated carbocycles. The van der Waals surface area contributed by atoms with Crippen molar-refractivity contribution in [3.8, 4) is 11.5 Å². The zero-order valence-corrected chi connectivity index (χ0v) is 13.6. The minimum absolute atomic E-state index is 0.0867. The van der Waals surface area contributed by atoms with Crippen LogP contribution < -0.4 is 14.8 Å². The molecule has 4 heteroatoms. The third kappa shape index (κ3) is 6.52. The van der Waals surface area contributed by atoms with Gasteiger partial charge in [-0.3, -0.25) is 4.79 Å². The molecule has 118 valence electrons. The molecule has 0 radical (unpaired) electrons. The highest BCUT2D eigenvalue weighted by atomic mass is 16.5. The molecule has 0 fully saturated rings. The highest BCUT2D eigenvalue weighted by Crippen LogP contribution is 2.25. The number of benzene rings is 1. The summed E-state index contributed by atoms with van der Waals surface area (Å²) in [7, 11) is 3.27. The Morgan fingerprint density at radius 2 is 2.00 bits per heavy atom. The van der Waals surface area contributed by atoms with Crippen LogP contribution in [0.5, 0.6) is 11.5 Å². The van der Waals surface area contributed by atoms with Gasteiger partial charge in [0.05, 0.1) is 14.2 Å². The van der Waals surface area contributed by atoms with E-state index in [1.165, 1.54) is 0 Å². The van der Waals surface area contributed by atoms with Gasteiger partial charge in [0, 0.05) is 13.0 Å². The monoisotopic (exact) mass is 293 g/mol. The summed E-state index contributed by atoms with van der Waals surface area (Å²) in [4.78, 5) is 11.8. The fraction of sp³-hybridized carbons (Fsp3) is 0.588. The predicted octanol–water partition coefficient (Wildman–Crippen LogP) is 3.19. The van der Waals surface area contributed by atoms with Crippen molar-refractivity contribution >= 4 is 5.91 Å². The molecule has 0 spiro atoms. The second kappa shape index (κ2) is 9.27. The molecule has 0 aliphatic rings. The second-order valence-corrected chi connectivity index (χ2v) is 5.56. The first-order valence-corrected chi connectivity index (χ1v) is 7.54. The molecule has 0 heterocycles. The maximum atomic E-state index is 11.8. The fourth-order valence-electron chi connectivity index (χ4n) is 2.15. The Morgan fingerprint density at radius 3 is 2.62 bits per heavy atom. The van der Waals surface area contributed by atoms with Crippen molar-refractivity contribution in [1.82, 2.24) is 5.32 Å². The van der Waals surface area contributed by atoms with Crippen LogP contribution in [-0.2, 0) is 11.2 Å². The summed E-state index contributed by atoms with van der Waals surface area (Å²) in [6.45, 7) is 5.14. The standard InChI is InChI=1S/C17H27NO3/c1-13(2)6-5-11-18-17(19)10-7-14-12-15(20-3)8-9-16(14)21-4/h8-9,12-13H,5-7,10-11H2,1-4H3,(H,18,19). The Kier molecular flexibility index (Phi) is 7.65. The molecule has 21 heavy (non-hydrogen) atoms. The molecule has 0 aliphatic heterocycles. The van der Waals surface area contributed by atoms with E-state index >= 15 is 0 Å². The van der Waals surface area contributed by atoms with E-state index in [0.29, 0.717) is 18.8 Å². The number of ether oxygens (including phenoxy) is 2. The van der Waals surface area contributed by atoms with Gasteiger partial charge in [0.15, 0.2) is 0 Å². The maximum absolute atomic E-state index is 11.8. The summed E-state index contributed by atoms with van der Waals surface area (Å²) in [6.07, 6.45) is 3.29. The Labute approximate surface area is 127 Å². The van der Waals surface area contributed by atoms with Crippen LogP contribution in [0, 0.1) is 5.92 Å². The maximum Gasteiger partial charge on any atom is 0.220 e. The van der Waals surface area contributed by atoms with Crippen molar-refractivity contribution in [2.75, 3.05) is 20.8 Å². The molecular formula is C17H27NO3. The number of aryl methyl sites for hydroxylation is 1. The number of rotatable bonds is 9. The van der Waals surface area contributed by atoms with E-state index in [-0.39, 0.29) is 5.91 Å². The number of methoxy groups -OCH3 is 2. The van der Waals surface area contributed by atoms with Crippen LogP contribution in [0.4, 0.5) is 0 Å². The van der Waals surface area contributed by atoms with Crippen molar-refractivity contribution in [2.24, 2.45) is 5.92 Å². The van der Waals surface area contributed by atoms with E-state index in [1.807, 2.05) is 18.2 Å². The van der Waals surface area contributed by atoms with Crippen LogP contribution in [-0.4, -0.2) is 26.7 Å². The topological polar surface area (TPSA) is 47.6 Å². The van der Waals surface area contributed by atoms with E-state index in [9.17, 15) is 4.79 Å². The molecule has 0 aromatic heterocycles. The van der Waals surface area contributed by atoms with Gasteiger partial charge >= 0.3 is 0 Å². The molecule has 0 aliphatic carbocycles. The van der Waals surface area contributed by atoms with Gasteiger partial charge in [-0.15, -0.1) is 0 Å². The van der Waals surface area contributed by atoms with E-state index in [0.717, 1.165) is 36.4 Å². The lowest BCUT2D eigenvalue weighted by Gasteiger charge is -2.11. The van der Waals surface area contributed by atoms with E-state index in [4.69, 9.17) is 9.47 Å². The summed E-state index contributed by atoms with van der Waals surface area (Å²) < 4.78 is 10.5. The van der Waals surface area contributed by atoms with Gasteiger partial charge in [0.1, 0.15) is 11.5 Å². The van der Waals surface area contributed by atoms with Gasteiger partial charge < -0.3 is 14.8 Å². The van der Waals surface area contributed by atoms with Crippen LogP contribution in [0.3, 0.4) is 0 Å². The van der Waals surface area contributed by atoms with Gasteiger partial charge in [0.25, 0.3) is 0 Å². The first-order chi connectivity index (χ1) is 10.1. The Hall–Kier alpha value is -1.71. The lowest BCUT2D eigenvalue weighted by Crippen LogP contribution is -2.24. The Morgan fingerprint density at radius 1 is 1.24 bits per heavy atom. The van der Waals surface area contributed by atoms with Crippen molar-refractivity contribution in [3.05, 3.63) is 23.8 Å². The highest BCUT2D eigenvalue weighted by Gasteiger charge is 2.08. The normalized spacial score (nSPS) is 10.5. The summed E-state index contributed by atoms with van der Waals surface area (Å²) in [6, 6.07) is 5.65. The highest BCUT2D eigenvalue weighted by molar-refractivity contribution is 5.76. The van der Waals surface area contributed by atoms with Crippen LogP contribution in [0.1, 0.15) is 38.7 Å². The molecule has 1 aromatic carbocycles. The molecule has 0 atom stereocenters. The molecule has 1 aromatic rings. The number of amides is 1. The molecule has 1 amide bonds. The van der Waals surface area contributed by atoms with Crippen molar-refractivity contribution in [1.29, 1.82) is 0 Å². The molecule has 0 bridgehead atoms. The number of carbonyl (C=O) groups is 1. The fourth-order valence-corrected chi connectivity index (χ4v) is 2.15. The van der Waals surface area contributed by atoms with Gasteiger partial charge in [-0.1, -0.05) is 13.8 Å². The Balaban J connectivity index is 2.41. The summed E-state index contributed by atoms with van der Waals surface area (Å²) >= 11 is 0. The number of hydrogen-bond acceptors (Lipinski definition) is 3. The smallest absolute Gasteiger partial charge is 0.220 e. The van der Waals surface area contributed by atoms with E-state index in [1.54, 1.807) is 14.2 Å². The molecule has 4 nitrogen and oxygen atoms in total. The summed E-state index contributed by atoms with van der Waals surface area (Å²) in [5.74, 6) is 2.35. The lowest BCUT2D eigenvalue weighted by atomic mass is 10.1. The van der Waals surface area contributed by atoms with Crippen molar-refractivity contribution < 1.29 is 14.3 Å². The van der Waals surface area contributed by atoms with E-state index in [2.05, 4.69) is 19.2 Å². The van der Waals surface area contributed by atoms with Crippen molar-refractivity contribution in [2.45, 2.75) is 39.5 Å². The van der Waals surface area contributed by atoms with Gasteiger partial charge in [-0.05, 0) is 48.9 Å². The number of hydrogen-bond donors (Lipinski definition) is 1. The molecule has 0 saturated heterocycles. The third-order valence-corrected chi connectivity index (χ3v) is 3.39. The second-order valence-electron chi connectivity index (χ2n) is 5.56. The third-order valence-electron chi connectivity index (χ3n) is 3.39. The van der Waals surface area contributed by atoms with Crippen molar-refractivity contribution in [3.63, 3.8) is 0 Å². The quantitative estimate of drug-likeness (QED) is 0.711. The molecule has 1 N–H and O–H groups in total. The molecular weight excluding hydrogens is 266 g/mol. The molecule has 1 rings (SSSR count). The number of carbonyl (C=O) groups excluding carboxylic acids is 1. The van der Waals surface area contributed by atoms with Gasteiger partial charge in [0.2, 0.25) is 5.91 Å². The summed E-state index contributed by atoms with van der Waals surface area (Å²) in [5, 5.41) is 2.96. The average molecular weight is 293 g/mol. The largest absolute Gasteiger partial charge is 0.497 e. The minimum atomic E-state index is 0.0867. The molecule has 0 unspecified atom stereocenters. The van der Waals surface area contributed by atoms with E-state index < -0.39 is 0 Å². The lowest BCUT2D eigenvalue weighted by molar-refractivity contribution is -0.121. The SMILES string of the molecule is COc1ccc(OC)c(CCC(=O)NCCCC(C)C)c1. The summed E-state index contributed by atoms with van der Waals surface area (Å²) in [5.41, 5.74) is 0.995.